The number of carbonyl (C=O) groups is 1. The number of aromatic nitrogens is 2. The number of benzene rings is 1. The summed E-state index contributed by atoms with van der Waals surface area (Å²) < 4.78 is 45.9. The van der Waals surface area contributed by atoms with Crippen molar-refractivity contribution >= 4 is 5.91 Å². The van der Waals surface area contributed by atoms with Gasteiger partial charge in [-0.05, 0) is 36.5 Å². The van der Waals surface area contributed by atoms with E-state index in [2.05, 4.69) is 4.98 Å². The monoisotopic (exact) mass is 423 g/mol. The average molecular weight is 423 g/mol. The Morgan fingerprint density at radius 3 is 2.63 bits per heavy atom. The number of alkyl halides is 3. The minimum atomic E-state index is -4.35. The molecule has 1 atom stereocenters. The van der Waals surface area contributed by atoms with E-state index in [-0.39, 0.29) is 17.9 Å². The van der Waals surface area contributed by atoms with Crippen molar-refractivity contribution in [3.8, 4) is 0 Å². The predicted octanol–water partition coefficient (Wildman–Crippen LogP) is 4.50. The highest BCUT2D eigenvalue weighted by atomic mass is 19.4. The van der Waals surface area contributed by atoms with Gasteiger partial charge in [-0.2, -0.15) is 13.2 Å². The number of amides is 1. The van der Waals surface area contributed by atoms with Gasteiger partial charge >= 0.3 is 6.18 Å². The molecule has 0 bridgehead atoms. The van der Waals surface area contributed by atoms with E-state index < -0.39 is 11.7 Å². The maximum Gasteiger partial charge on any atom is 0.416 e. The second-order valence-electron chi connectivity index (χ2n) is 8.17. The zero-order valence-corrected chi connectivity index (χ0v) is 17.4. The summed E-state index contributed by atoms with van der Waals surface area (Å²) in [6.07, 6.45) is 1.51. The Morgan fingerprint density at radius 1 is 1.30 bits per heavy atom. The van der Waals surface area contributed by atoms with E-state index in [0.29, 0.717) is 31.9 Å². The van der Waals surface area contributed by atoms with Gasteiger partial charge in [0.15, 0.2) is 0 Å². The Hall–Kier alpha value is -2.35. The van der Waals surface area contributed by atoms with Crippen molar-refractivity contribution in [1.29, 1.82) is 0 Å². The summed E-state index contributed by atoms with van der Waals surface area (Å²) in [5.41, 5.74) is 0.0700. The van der Waals surface area contributed by atoms with Crippen LogP contribution in [0.25, 0.3) is 0 Å². The maximum absolute atomic E-state index is 12.8. The quantitative estimate of drug-likeness (QED) is 0.628. The summed E-state index contributed by atoms with van der Waals surface area (Å²) in [6, 6.07) is 5.12. The van der Waals surface area contributed by atoms with Crippen LogP contribution in [0.2, 0.25) is 0 Å². The first-order valence-corrected chi connectivity index (χ1v) is 10.3. The molecule has 1 saturated heterocycles. The maximum atomic E-state index is 12.8. The third kappa shape index (κ3) is 6.08. The van der Waals surface area contributed by atoms with Crippen molar-refractivity contribution in [2.45, 2.75) is 58.5 Å². The van der Waals surface area contributed by atoms with Crippen molar-refractivity contribution in [3.63, 3.8) is 0 Å². The van der Waals surface area contributed by atoms with Crippen LogP contribution in [0.3, 0.4) is 0 Å². The molecule has 0 spiro atoms. The third-order valence-corrected chi connectivity index (χ3v) is 5.15. The normalized spacial score (nSPS) is 16.9. The molecule has 1 unspecified atom stereocenters. The molecule has 1 aromatic carbocycles. The van der Waals surface area contributed by atoms with Crippen LogP contribution in [-0.4, -0.2) is 39.6 Å². The molecule has 164 valence electrons. The van der Waals surface area contributed by atoms with Gasteiger partial charge in [0.2, 0.25) is 5.91 Å². The van der Waals surface area contributed by atoms with Crippen molar-refractivity contribution in [2.24, 2.45) is 5.92 Å². The minimum absolute atomic E-state index is 0.0411. The lowest BCUT2D eigenvalue weighted by molar-refractivity contribution is -0.137. The molecule has 0 radical (unpaired) electrons. The Balaban J connectivity index is 1.71. The topological polar surface area (TPSA) is 47.4 Å². The van der Waals surface area contributed by atoms with Gasteiger partial charge in [0.05, 0.1) is 18.2 Å². The molecule has 8 heteroatoms. The standard InChI is InChI=1S/C22H28F3N3O2/c1-16(2)12-21(29)28(14-19-4-3-11-30-19)15-20-26-9-10-27(20)13-17-5-7-18(8-6-17)22(23,24)25/h5-10,16,19H,3-4,11-15H2,1-2H3. The van der Waals surface area contributed by atoms with Crippen molar-refractivity contribution < 1.29 is 22.7 Å². The van der Waals surface area contributed by atoms with Gasteiger partial charge in [-0.3, -0.25) is 4.79 Å². The van der Waals surface area contributed by atoms with Gasteiger partial charge in [-0.1, -0.05) is 26.0 Å². The Bertz CT molecular complexity index is 825. The van der Waals surface area contributed by atoms with E-state index in [1.165, 1.54) is 12.1 Å². The lowest BCUT2D eigenvalue weighted by Crippen LogP contribution is -2.38. The Morgan fingerprint density at radius 2 is 2.03 bits per heavy atom. The molecule has 1 aliphatic rings. The van der Waals surface area contributed by atoms with Crippen LogP contribution >= 0.6 is 0 Å². The van der Waals surface area contributed by atoms with Gasteiger partial charge in [-0.15, -0.1) is 0 Å². The number of hydrogen-bond donors (Lipinski definition) is 0. The van der Waals surface area contributed by atoms with E-state index >= 15 is 0 Å². The highest BCUT2D eigenvalue weighted by Crippen LogP contribution is 2.29. The van der Waals surface area contributed by atoms with Crippen LogP contribution < -0.4 is 0 Å². The average Bonchev–Trinajstić information content (AvgIpc) is 3.33. The molecule has 1 aromatic heterocycles. The van der Waals surface area contributed by atoms with Gasteiger partial charge in [0.25, 0.3) is 0 Å². The van der Waals surface area contributed by atoms with Crippen molar-refractivity contribution in [3.05, 3.63) is 53.6 Å². The molecular weight excluding hydrogens is 395 g/mol. The Labute approximate surface area is 174 Å². The first-order valence-electron chi connectivity index (χ1n) is 10.3. The van der Waals surface area contributed by atoms with Crippen LogP contribution in [0.4, 0.5) is 13.2 Å². The van der Waals surface area contributed by atoms with Gasteiger partial charge in [0, 0.05) is 38.5 Å². The van der Waals surface area contributed by atoms with E-state index in [1.54, 1.807) is 17.3 Å². The molecule has 5 nitrogen and oxygen atoms in total. The Kier molecular flexibility index (Phi) is 7.18. The summed E-state index contributed by atoms with van der Waals surface area (Å²) in [6.45, 7) is 6.00. The number of rotatable bonds is 8. The van der Waals surface area contributed by atoms with Crippen LogP contribution in [-0.2, 0) is 28.8 Å². The zero-order valence-electron chi connectivity index (χ0n) is 17.4. The second kappa shape index (κ2) is 9.64. The number of imidazole rings is 1. The minimum Gasteiger partial charge on any atom is -0.376 e. The number of ether oxygens (including phenoxy) is 1. The second-order valence-corrected chi connectivity index (χ2v) is 8.17. The highest BCUT2D eigenvalue weighted by Gasteiger charge is 2.30. The number of hydrogen-bond acceptors (Lipinski definition) is 3. The lowest BCUT2D eigenvalue weighted by Gasteiger charge is -2.26. The van der Waals surface area contributed by atoms with Gasteiger partial charge in [0.1, 0.15) is 5.82 Å². The smallest absolute Gasteiger partial charge is 0.376 e. The first-order chi connectivity index (χ1) is 14.2. The fourth-order valence-corrected chi connectivity index (χ4v) is 3.57. The van der Waals surface area contributed by atoms with Crippen molar-refractivity contribution in [1.82, 2.24) is 14.5 Å². The fourth-order valence-electron chi connectivity index (χ4n) is 3.57. The molecule has 1 amide bonds. The summed E-state index contributed by atoms with van der Waals surface area (Å²) in [7, 11) is 0. The summed E-state index contributed by atoms with van der Waals surface area (Å²) >= 11 is 0. The number of carbonyl (C=O) groups excluding carboxylic acids is 1. The van der Waals surface area contributed by atoms with E-state index in [1.807, 2.05) is 18.4 Å². The van der Waals surface area contributed by atoms with Crippen LogP contribution in [0.5, 0.6) is 0 Å². The van der Waals surface area contributed by atoms with Crippen LogP contribution in [0.1, 0.15) is 50.1 Å². The molecule has 2 heterocycles. The molecule has 1 aliphatic heterocycles. The summed E-state index contributed by atoms with van der Waals surface area (Å²) in [5.74, 6) is 1.01. The van der Waals surface area contributed by atoms with E-state index in [4.69, 9.17) is 4.74 Å². The molecule has 0 N–H and O–H groups in total. The van der Waals surface area contributed by atoms with Crippen LogP contribution in [0.15, 0.2) is 36.7 Å². The molecule has 30 heavy (non-hydrogen) atoms. The molecule has 0 aliphatic carbocycles. The SMILES string of the molecule is CC(C)CC(=O)N(Cc1nccn1Cc1ccc(C(F)(F)F)cc1)CC1CCCO1. The van der Waals surface area contributed by atoms with Crippen molar-refractivity contribution in [2.75, 3.05) is 13.2 Å². The largest absolute Gasteiger partial charge is 0.416 e. The highest BCUT2D eigenvalue weighted by molar-refractivity contribution is 5.76. The van der Waals surface area contributed by atoms with E-state index in [9.17, 15) is 18.0 Å². The number of halogens is 3. The molecule has 3 rings (SSSR count). The molecule has 1 fully saturated rings. The van der Waals surface area contributed by atoms with E-state index in [0.717, 1.165) is 37.1 Å². The fraction of sp³-hybridized carbons (Fsp3) is 0.545. The first kappa shape index (κ1) is 22.3. The molecule has 0 saturated carbocycles. The van der Waals surface area contributed by atoms with Gasteiger partial charge < -0.3 is 14.2 Å². The zero-order chi connectivity index (χ0) is 21.7. The predicted molar refractivity (Wildman–Crippen MR) is 107 cm³/mol. The third-order valence-electron chi connectivity index (χ3n) is 5.15. The summed E-state index contributed by atoms with van der Waals surface area (Å²) in [4.78, 5) is 19.0. The number of nitrogens with zero attached hydrogens (tertiary/aromatic N) is 3. The van der Waals surface area contributed by atoms with Crippen LogP contribution in [0, 0.1) is 5.92 Å². The molecule has 2 aromatic rings. The summed E-state index contributed by atoms with van der Waals surface area (Å²) in [5, 5.41) is 0. The molecular formula is C22H28F3N3O2. The van der Waals surface area contributed by atoms with Gasteiger partial charge in [-0.25, -0.2) is 4.98 Å². The lowest BCUT2D eigenvalue weighted by atomic mass is 10.1.